The van der Waals surface area contributed by atoms with Crippen LogP contribution in [0.3, 0.4) is 0 Å². The lowest BCUT2D eigenvalue weighted by Gasteiger charge is -2.18. The van der Waals surface area contributed by atoms with Crippen molar-refractivity contribution in [1.29, 1.82) is 0 Å². The number of carbonyl (C=O) groups excluding carboxylic acids is 3. The summed E-state index contributed by atoms with van der Waals surface area (Å²) in [5, 5.41) is 2.73. The van der Waals surface area contributed by atoms with Crippen molar-refractivity contribution in [2.45, 2.75) is 25.8 Å². The third kappa shape index (κ3) is 6.93. The zero-order valence-electron chi connectivity index (χ0n) is 20.1. The van der Waals surface area contributed by atoms with Crippen LogP contribution in [0.4, 0.5) is 0 Å². The molecule has 35 heavy (non-hydrogen) atoms. The lowest BCUT2D eigenvalue weighted by Crippen LogP contribution is -2.43. The smallest absolute Gasteiger partial charge is 0.329 e. The number of esters is 1. The Labute approximate surface area is 205 Å². The molecule has 0 saturated heterocycles. The maximum atomic E-state index is 13.0. The van der Waals surface area contributed by atoms with Gasteiger partial charge in [-0.15, -0.1) is 0 Å². The largest absolute Gasteiger partial charge is 0.493 e. The second kappa shape index (κ2) is 12.4. The summed E-state index contributed by atoms with van der Waals surface area (Å²) < 4.78 is 15.8. The van der Waals surface area contributed by atoms with E-state index < -0.39 is 24.5 Å². The van der Waals surface area contributed by atoms with Crippen LogP contribution in [-0.2, 0) is 22.4 Å². The number of hydrogen-bond acceptors (Lipinski definition) is 6. The summed E-state index contributed by atoms with van der Waals surface area (Å²) in [4.78, 5) is 38.4. The van der Waals surface area contributed by atoms with Crippen molar-refractivity contribution in [3.63, 3.8) is 0 Å². The van der Waals surface area contributed by atoms with Crippen molar-refractivity contribution < 1.29 is 28.6 Å². The van der Waals surface area contributed by atoms with Crippen molar-refractivity contribution >= 4 is 17.7 Å². The first kappa shape index (κ1) is 25.5. The van der Waals surface area contributed by atoms with Crippen LogP contribution in [0.25, 0.3) is 0 Å². The van der Waals surface area contributed by atoms with Crippen LogP contribution in [0.1, 0.15) is 38.8 Å². The predicted molar refractivity (Wildman–Crippen MR) is 132 cm³/mol. The van der Waals surface area contributed by atoms with Crippen LogP contribution in [0.15, 0.2) is 72.8 Å². The van der Waals surface area contributed by atoms with Crippen LogP contribution in [0.2, 0.25) is 0 Å². The molecule has 3 aromatic rings. The first-order valence-corrected chi connectivity index (χ1v) is 11.3. The minimum atomic E-state index is -0.992. The van der Waals surface area contributed by atoms with Crippen molar-refractivity contribution in [3.05, 3.63) is 95.1 Å². The Morgan fingerprint density at radius 2 is 1.46 bits per heavy atom. The molecule has 182 valence electrons. The zero-order chi connectivity index (χ0) is 25.2. The summed E-state index contributed by atoms with van der Waals surface area (Å²) in [7, 11) is 2.98. The van der Waals surface area contributed by atoms with E-state index in [0.717, 1.165) is 17.5 Å². The van der Waals surface area contributed by atoms with E-state index in [2.05, 4.69) is 5.32 Å². The summed E-state index contributed by atoms with van der Waals surface area (Å²) in [6.45, 7) is 1.61. The highest BCUT2D eigenvalue weighted by Crippen LogP contribution is 2.27. The highest BCUT2D eigenvalue weighted by Gasteiger charge is 2.25. The lowest BCUT2D eigenvalue weighted by molar-refractivity contribution is -0.144. The average molecular weight is 476 g/mol. The van der Waals surface area contributed by atoms with Gasteiger partial charge in [-0.2, -0.15) is 0 Å². The highest BCUT2D eigenvalue weighted by molar-refractivity contribution is 5.99. The summed E-state index contributed by atoms with van der Waals surface area (Å²) in [5.74, 6) is -0.617. The molecule has 0 heterocycles. The van der Waals surface area contributed by atoms with Crippen LogP contribution in [0.5, 0.6) is 11.5 Å². The maximum absolute atomic E-state index is 13.0. The topological polar surface area (TPSA) is 90.9 Å². The number of carbonyl (C=O) groups is 3. The Morgan fingerprint density at radius 1 is 0.800 bits per heavy atom. The number of nitrogens with one attached hydrogen (secondary N) is 1. The van der Waals surface area contributed by atoms with E-state index >= 15 is 0 Å². The minimum Gasteiger partial charge on any atom is -0.493 e. The lowest BCUT2D eigenvalue weighted by atomic mass is 10.0. The molecule has 0 aliphatic rings. The number of ether oxygens (including phenoxy) is 3. The summed E-state index contributed by atoms with van der Waals surface area (Å²) in [6, 6.07) is 20.2. The second-order valence-electron chi connectivity index (χ2n) is 7.87. The van der Waals surface area contributed by atoms with Crippen LogP contribution < -0.4 is 14.8 Å². The first-order chi connectivity index (χ1) is 16.9. The van der Waals surface area contributed by atoms with E-state index in [4.69, 9.17) is 14.2 Å². The molecule has 1 amide bonds. The Hall–Kier alpha value is -4.13. The minimum absolute atomic E-state index is 0.206. The quantitative estimate of drug-likeness (QED) is 0.333. The summed E-state index contributed by atoms with van der Waals surface area (Å²) >= 11 is 0. The molecule has 0 radical (unpaired) electrons. The molecule has 0 fully saturated rings. The van der Waals surface area contributed by atoms with Gasteiger partial charge in [-0.25, -0.2) is 4.79 Å². The molecule has 1 N–H and O–H groups in total. The van der Waals surface area contributed by atoms with E-state index in [9.17, 15) is 14.4 Å². The second-order valence-corrected chi connectivity index (χ2v) is 7.87. The Balaban J connectivity index is 1.72. The number of methoxy groups -OCH3 is 2. The standard InChI is InChI=1S/C28H29NO6/c1-4-19-10-12-21(13-11-19)24(30)18-35-28(32)23(16-20-8-6-5-7-9-20)29-27(31)22-14-15-25(33-2)26(17-22)34-3/h5-15,17,23H,4,16,18H2,1-3H3,(H,29,31). The number of hydrogen-bond donors (Lipinski definition) is 1. The molecule has 0 aliphatic heterocycles. The van der Waals surface area contributed by atoms with Crippen LogP contribution in [0, 0.1) is 0 Å². The fraction of sp³-hybridized carbons (Fsp3) is 0.250. The Bertz CT molecular complexity index is 1160. The molecule has 0 aromatic heterocycles. The summed E-state index contributed by atoms with van der Waals surface area (Å²) in [5.41, 5.74) is 2.70. The van der Waals surface area contributed by atoms with Gasteiger partial charge in [-0.05, 0) is 35.7 Å². The number of aryl methyl sites for hydroxylation is 1. The van der Waals surface area contributed by atoms with Crippen molar-refractivity contribution in [2.24, 2.45) is 0 Å². The molecule has 3 aromatic carbocycles. The maximum Gasteiger partial charge on any atom is 0.329 e. The van der Waals surface area contributed by atoms with Crippen molar-refractivity contribution in [1.82, 2.24) is 5.32 Å². The Kier molecular flexibility index (Phi) is 9.01. The fourth-order valence-electron chi connectivity index (χ4n) is 3.51. The summed E-state index contributed by atoms with van der Waals surface area (Å²) in [6.07, 6.45) is 1.07. The predicted octanol–water partition coefficient (Wildman–Crippen LogP) is 4.03. The third-order valence-corrected chi connectivity index (χ3v) is 5.55. The molecule has 1 unspecified atom stereocenters. The van der Waals surface area contributed by atoms with Gasteiger partial charge in [0.15, 0.2) is 23.9 Å². The molecule has 1 atom stereocenters. The van der Waals surface area contributed by atoms with Gasteiger partial charge >= 0.3 is 5.97 Å². The number of amides is 1. The van der Waals surface area contributed by atoms with Gasteiger partial charge in [-0.3, -0.25) is 9.59 Å². The average Bonchev–Trinajstić information content (AvgIpc) is 2.91. The van der Waals surface area contributed by atoms with E-state index in [1.807, 2.05) is 49.4 Å². The monoisotopic (exact) mass is 475 g/mol. The molecule has 0 bridgehead atoms. The van der Waals surface area contributed by atoms with Gasteiger partial charge in [-0.1, -0.05) is 61.5 Å². The van der Waals surface area contributed by atoms with Gasteiger partial charge < -0.3 is 19.5 Å². The normalized spacial score (nSPS) is 11.3. The number of benzene rings is 3. The SMILES string of the molecule is CCc1ccc(C(=O)COC(=O)C(Cc2ccccc2)NC(=O)c2ccc(OC)c(OC)c2)cc1. The first-order valence-electron chi connectivity index (χ1n) is 11.3. The molecule has 7 nitrogen and oxygen atoms in total. The van der Waals surface area contributed by atoms with Gasteiger partial charge in [0.2, 0.25) is 0 Å². The van der Waals surface area contributed by atoms with E-state index in [1.165, 1.54) is 20.3 Å². The molecule has 0 aliphatic carbocycles. The van der Waals surface area contributed by atoms with Gasteiger partial charge in [0, 0.05) is 17.5 Å². The number of Topliss-reactive ketones (excluding diaryl/α,β-unsaturated/α-hetero) is 1. The van der Waals surface area contributed by atoms with E-state index in [0.29, 0.717) is 22.6 Å². The van der Waals surface area contributed by atoms with E-state index in [-0.39, 0.29) is 12.2 Å². The van der Waals surface area contributed by atoms with Gasteiger partial charge in [0.25, 0.3) is 5.91 Å². The van der Waals surface area contributed by atoms with Crippen molar-refractivity contribution in [3.8, 4) is 11.5 Å². The molecule has 3 rings (SSSR count). The fourth-order valence-corrected chi connectivity index (χ4v) is 3.51. The molecular formula is C28H29NO6. The zero-order valence-corrected chi connectivity index (χ0v) is 20.1. The number of rotatable bonds is 11. The van der Waals surface area contributed by atoms with Crippen molar-refractivity contribution in [2.75, 3.05) is 20.8 Å². The third-order valence-electron chi connectivity index (χ3n) is 5.55. The molecule has 0 spiro atoms. The molecule has 7 heteroatoms. The highest BCUT2D eigenvalue weighted by atomic mass is 16.5. The van der Waals surface area contributed by atoms with Crippen LogP contribution in [-0.4, -0.2) is 44.5 Å². The van der Waals surface area contributed by atoms with Crippen LogP contribution >= 0.6 is 0 Å². The molecule has 0 saturated carbocycles. The van der Waals surface area contributed by atoms with Gasteiger partial charge in [0.1, 0.15) is 6.04 Å². The number of ketones is 1. The van der Waals surface area contributed by atoms with Gasteiger partial charge in [0.05, 0.1) is 14.2 Å². The Morgan fingerprint density at radius 3 is 2.09 bits per heavy atom. The molecular weight excluding hydrogens is 446 g/mol. The van der Waals surface area contributed by atoms with E-state index in [1.54, 1.807) is 24.3 Å².